The maximum absolute atomic E-state index is 13.6. The molecular weight excluding hydrogens is 492 g/mol. The highest BCUT2D eigenvalue weighted by molar-refractivity contribution is 6.04. The minimum Gasteiger partial charge on any atom is -0.368 e. The van der Waals surface area contributed by atoms with E-state index in [1.165, 1.54) is 0 Å². The van der Waals surface area contributed by atoms with Gasteiger partial charge in [-0.3, -0.25) is 23.6 Å². The molecule has 196 valence electrons. The lowest BCUT2D eigenvalue weighted by Gasteiger charge is -2.24. The van der Waals surface area contributed by atoms with E-state index in [4.69, 9.17) is 5.73 Å². The summed E-state index contributed by atoms with van der Waals surface area (Å²) in [5, 5.41) is 9.73. The highest BCUT2D eigenvalue weighted by atomic mass is 16.2. The van der Waals surface area contributed by atoms with Crippen LogP contribution in [-0.2, 0) is 17.4 Å². The van der Waals surface area contributed by atoms with E-state index in [0.29, 0.717) is 23.3 Å². The van der Waals surface area contributed by atoms with E-state index in [0.717, 1.165) is 33.2 Å². The Hall–Kier alpha value is -4.99. The molecule has 10 heteroatoms. The van der Waals surface area contributed by atoms with Crippen LogP contribution in [0.15, 0.2) is 78.1 Å². The Bertz CT molecular complexity index is 1930. The minimum atomic E-state index is -1.02. The molecule has 1 amide bonds. The second kappa shape index (κ2) is 8.80. The fourth-order valence-corrected chi connectivity index (χ4v) is 5.00. The Morgan fingerprint density at radius 3 is 2.51 bits per heavy atom. The second-order valence-electron chi connectivity index (χ2n) is 9.93. The summed E-state index contributed by atoms with van der Waals surface area (Å²) >= 11 is 0. The summed E-state index contributed by atoms with van der Waals surface area (Å²) in [6.07, 6.45) is 7.56. The third kappa shape index (κ3) is 3.67. The van der Waals surface area contributed by atoms with E-state index in [2.05, 4.69) is 21.2 Å². The maximum atomic E-state index is 13.6. The number of aromatic nitrogens is 7. The number of pyridine rings is 1. The molecule has 6 aromatic rings. The Labute approximate surface area is 223 Å². The van der Waals surface area contributed by atoms with Crippen LogP contribution in [-0.4, -0.2) is 39.6 Å². The highest BCUT2D eigenvalue weighted by Crippen LogP contribution is 2.31. The first-order valence-electron chi connectivity index (χ1n) is 12.7. The van der Waals surface area contributed by atoms with E-state index < -0.39 is 11.4 Å². The van der Waals surface area contributed by atoms with E-state index >= 15 is 0 Å². The number of rotatable bonds is 6. The van der Waals surface area contributed by atoms with Crippen LogP contribution in [0, 0.1) is 6.92 Å². The standard InChI is InChI=1S/C29H28N8O2/c1-5-29(3,27(30)38)36-17-25(18(2)33-36)37-26-22-15-20(9-12-23(22)31-16-24(26)34(4)28(37)39)19-7-10-21(11-8-19)35-14-6-13-32-35/h6-17H,5H2,1-4H3,(H2,30,38). The number of carbonyl (C=O) groups is 1. The molecule has 0 spiro atoms. The van der Waals surface area contributed by atoms with E-state index in [1.54, 1.807) is 46.4 Å². The molecule has 0 saturated carbocycles. The van der Waals surface area contributed by atoms with Gasteiger partial charge >= 0.3 is 5.69 Å². The zero-order valence-corrected chi connectivity index (χ0v) is 22.2. The van der Waals surface area contributed by atoms with Crippen molar-refractivity contribution in [3.05, 3.63) is 89.5 Å². The number of nitrogens with two attached hydrogens (primary N) is 1. The van der Waals surface area contributed by atoms with Crippen molar-refractivity contribution in [1.82, 2.24) is 33.7 Å². The van der Waals surface area contributed by atoms with Crippen molar-refractivity contribution in [2.45, 2.75) is 32.7 Å². The van der Waals surface area contributed by atoms with E-state index in [-0.39, 0.29) is 5.69 Å². The number of nitrogens with zero attached hydrogens (tertiary/aromatic N) is 7. The number of fused-ring (bicyclic) bond motifs is 3. The van der Waals surface area contributed by atoms with Gasteiger partial charge in [-0.05, 0) is 61.7 Å². The fourth-order valence-electron chi connectivity index (χ4n) is 5.00. The average Bonchev–Trinajstić information content (AvgIpc) is 3.67. The van der Waals surface area contributed by atoms with Gasteiger partial charge in [0.2, 0.25) is 5.91 Å². The monoisotopic (exact) mass is 520 g/mol. The topological polar surface area (TPSA) is 119 Å². The largest absolute Gasteiger partial charge is 0.368 e. The smallest absolute Gasteiger partial charge is 0.333 e. The maximum Gasteiger partial charge on any atom is 0.333 e. The number of hydrogen-bond acceptors (Lipinski definition) is 5. The fraction of sp³-hybridized carbons (Fsp3) is 0.207. The SMILES string of the molecule is CCC(C)(C(N)=O)n1cc(-n2c(=O)n(C)c3cnc4ccc(-c5ccc(-n6cccn6)cc5)cc4c32)c(C)n1. The molecule has 1 atom stereocenters. The van der Waals surface area contributed by atoms with Crippen molar-refractivity contribution >= 4 is 27.8 Å². The molecule has 0 fully saturated rings. The van der Waals surface area contributed by atoms with Crippen LogP contribution in [0.25, 0.3) is 44.4 Å². The lowest BCUT2D eigenvalue weighted by atomic mass is 9.99. The summed E-state index contributed by atoms with van der Waals surface area (Å²) in [6.45, 7) is 5.46. The summed E-state index contributed by atoms with van der Waals surface area (Å²) in [6, 6.07) is 16.1. The number of aryl methyl sites for hydroxylation is 2. The molecule has 0 aliphatic rings. The second-order valence-corrected chi connectivity index (χ2v) is 9.93. The van der Waals surface area contributed by atoms with Crippen LogP contribution in [0.3, 0.4) is 0 Å². The van der Waals surface area contributed by atoms with E-state index in [1.807, 2.05) is 67.2 Å². The summed E-state index contributed by atoms with van der Waals surface area (Å²) in [5.74, 6) is -0.484. The first kappa shape index (κ1) is 24.4. The molecule has 4 heterocycles. The van der Waals surface area contributed by atoms with Crippen LogP contribution < -0.4 is 11.4 Å². The Morgan fingerprint density at radius 2 is 1.85 bits per heavy atom. The van der Waals surface area contributed by atoms with Crippen molar-refractivity contribution in [2.75, 3.05) is 0 Å². The molecule has 39 heavy (non-hydrogen) atoms. The molecule has 0 aliphatic carbocycles. The van der Waals surface area contributed by atoms with Crippen molar-refractivity contribution in [3.63, 3.8) is 0 Å². The van der Waals surface area contributed by atoms with Crippen molar-refractivity contribution in [2.24, 2.45) is 12.8 Å². The van der Waals surface area contributed by atoms with Gasteiger partial charge < -0.3 is 5.73 Å². The van der Waals surface area contributed by atoms with Gasteiger partial charge in [-0.25, -0.2) is 9.48 Å². The third-order valence-electron chi connectivity index (χ3n) is 7.69. The van der Waals surface area contributed by atoms with Gasteiger partial charge in [0.25, 0.3) is 0 Å². The van der Waals surface area contributed by atoms with Gasteiger partial charge in [-0.2, -0.15) is 10.2 Å². The average molecular weight is 521 g/mol. The number of hydrogen-bond donors (Lipinski definition) is 1. The van der Waals surface area contributed by atoms with E-state index in [9.17, 15) is 9.59 Å². The number of carbonyl (C=O) groups excluding carboxylic acids is 1. The van der Waals surface area contributed by atoms with Crippen LogP contribution in [0.2, 0.25) is 0 Å². The molecule has 4 aromatic heterocycles. The molecule has 2 aromatic carbocycles. The minimum absolute atomic E-state index is 0.229. The third-order valence-corrected chi connectivity index (χ3v) is 7.69. The zero-order valence-electron chi connectivity index (χ0n) is 22.2. The summed E-state index contributed by atoms with van der Waals surface area (Å²) in [5.41, 5.74) is 10.9. The molecule has 10 nitrogen and oxygen atoms in total. The summed E-state index contributed by atoms with van der Waals surface area (Å²) < 4.78 is 6.61. The molecule has 0 radical (unpaired) electrons. The Morgan fingerprint density at radius 1 is 1.10 bits per heavy atom. The molecule has 6 rings (SSSR count). The number of amides is 1. The molecule has 2 N–H and O–H groups in total. The highest BCUT2D eigenvalue weighted by Gasteiger charge is 2.33. The molecule has 0 saturated heterocycles. The lowest BCUT2D eigenvalue weighted by Crippen LogP contribution is -2.43. The molecular formula is C29H28N8O2. The van der Waals surface area contributed by atoms with Crippen LogP contribution in [0.1, 0.15) is 26.0 Å². The van der Waals surface area contributed by atoms with Crippen LogP contribution >= 0.6 is 0 Å². The van der Waals surface area contributed by atoms with Crippen molar-refractivity contribution in [1.29, 1.82) is 0 Å². The Balaban J connectivity index is 1.56. The van der Waals surface area contributed by atoms with Gasteiger partial charge in [0, 0.05) is 24.8 Å². The van der Waals surface area contributed by atoms with Crippen molar-refractivity contribution < 1.29 is 4.79 Å². The van der Waals surface area contributed by atoms with Gasteiger partial charge in [0.15, 0.2) is 0 Å². The number of primary amides is 1. The molecule has 0 bridgehead atoms. The normalized spacial score (nSPS) is 13.2. The van der Waals surface area contributed by atoms with Crippen LogP contribution in [0.4, 0.5) is 0 Å². The van der Waals surface area contributed by atoms with Crippen molar-refractivity contribution in [3.8, 4) is 22.5 Å². The summed E-state index contributed by atoms with van der Waals surface area (Å²) in [7, 11) is 1.73. The molecule has 0 aliphatic heterocycles. The van der Waals surface area contributed by atoms with Gasteiger partial charge in [0.1, 0.15) is 5.54 Å². The molecule has 1 unspecified atom stereocenters. The number of benzene rings is 2. The zero-order chi connectivity index (χ0) is 27.5. The quantitative estimate of drug-likeness (QED) is 0.358. The predicted octanol–water partition coefficient (Wildman–Crippen LogP) is 3.85. The summed E-state index contributed by atoms with van der Waals surface area (Å²) in [4.78, 5) is 30.6. The first-order chi connectivity index (χ1) is 18.7. The first-order valence-corrected chi connectivity index (χ1v) is 12.7. The predicted molar refractivity (Wildman–Crippen MR) is 150 cm³/mol. The van der Waals surface area contributed by atoms with Gasteiger partial charge in [0.05, 0.1) is 46.0 Å². The lowest BCUT2D eigenvalue weighted by molar-refractivity contribution is -0.126. The Kier molecular flexibility index (Phi) is 5.49. The van der Waals surface area contributed by atoms with Gasteiger partial charge in [-0.15, -0.1) is 0 Å². The van der Waals surface area contributed by atoms with Crippen LogP contribution in [0.5, 0.6) is 0 Å². The number of imidazole rings is 1. The van der Waals surface area contributed by atoms with Gasteiger partial charge in [-0.1, -0.05) is 25.1 Å².